The number of nitrogens with one attached hydrogen (secondary N) is 1. The predicted octanol–water partition coefficient (Wildman–Crippen LogP) is 4.33. The van der Waals surface area contributed by atoms with E-state index >= 15 is 0 Å². The molecule has 0 saturated carbocycles. The van der Waals surface area contributed by atoms with Crippen molar-refractivity contribution in [3.05, 3.63) is 76.5 Å². The number of halogens is 1. The van der Waals surface area contributed by atoms with Gasteiger partial charge in [-0.2, -0.15) is 0 Å². The van der Waals surface area contributed by atoms with Crippen molar-refractivity contribution in [2.45, 2.75) is 6.54 Å². The summed E-state index contributed by atoms with van der Waals surface area (Å²) >= 11 is 5.88. The first-order valence-corrected chi connectivity index (χ1v) is 8.79. The molecule has 0 aliphatic rings. The molecular formula is C21H18ClNO5. The maximum Gasteiger partial charge on any atom is 0.341 e. The lowest BCUT2D eigenvalue weighted by molar-refractivity contribution is 0.0597. The fourth-order valence-electron chi connectivity index (χ4n) is 2.63. The van der Waals surface area contributed by atoms with E-state index in [1.807, 2.05) is 12.1 Å². The van der Waals surface area contributed by atoms with Crippen LogP contribution in [0.3, 0.4) is 0 Å². The molecule has 0 bridgehead atoms. The number of carbonyl (C=O) groups is 2. The van der Waals surface area contributed by atoms with Gasteiger partial charge in [0.05, 0.1) is 14.2 Å². The molecule has 7 heteroatoms. The highest BCUT2D eigenvalue weighted by Gasteiger charge is 2.15. The molecule has 144 valence electrons. The number of esters is 1. The summed E-state index contributed by atoms with van der Waals surface area (Å²) in [4.78, 5) is 24.2. The fraction of sp³-hybridized carbons (Fsp3) is 0.143. The van der Waals surface area contributed by atoms with E-state index in [1.54, 1.807) is 42.5 Å². The third-order valence-electron chi connectivity index (χ3n) is 4.08. The Hall–Kier alpha value is -3.25. The fourth-order valence-corrected chi connectivity index (χ4v) is 2.76. The van der Waals surface area contributed by atoms with E-state index in [0.717, 1.165) is 11.1 Å². The van der Waals surface area contributed by atoms with Gasteiger partial charge in [-0.3, -0.25) is 4.79 Å². The van der Waals surface area contributed by atoms with E-state index < -0.39 is 5.97 Å². The Labute approximate surface area is 167 Å². The van der Waals surface area contributed by atoms with E-state index in [-0.39, 0.29) is 18.2 Å². The van der Waals surface area contributed by atoms with Crippen LogP contribution in [0.5, 0.6) is 5.75 Å². The van der Waals surface area contributed by atoms with Gasteiger partial charge in [-0.25, -0.2) is 4.79 Å². The Morgan fingerprint density at radius 3 is 2.46 bits per heavy atom. The van der Waals surface area contributed by atoms with Crippen LogP contribution in [-0.2, 0) is 11.3 Å². The largest absolute Gasteiger partial charge is 0.496 e. The maximum atomic E-state index is 12.4. The van der Waals surface area contributed by atoms with E-state index in [2.05, 4.69) is 5.32 Å². The lowest BCUT2D eigenvalue weighted by Crippen LogP contribution is -2.22. The van der Waals surface area contributed by atoms with Gasteiger partial charge in [-0.05, 0) is 54.1 Å². The van der Waals surface area contributed by atoms with Crippen molar-refractivity contribution in [3.63, 3.8) is 0 Å². The first kappa shape index (κ1) is 19.5. The first-order chi connectivity index (χ1) is 13.5. The van der Waals surface area contributed by atoms with E-state index in [9.17, 15) is 9.59 Å². The average Bonchev–Trinajstić information content (AvgIpc) is 3.22. The van der Waals surface area contributed by atoms with Crippen LogP contribution in [0.1, 0.15) is 26.5 Å². The van der Waals surface area contributed by atoms with Gasteiger partial charge in [0.25, 0.3) is 5.91 Å². The number of methoxy groups -OCH3 is 2. The summed E-state index contributed by atoms with van der Waals surface area (Å²) in [6, 6.07) is 15.5. The summed E-state index contributed by atoms with van der Waals surface area (Å²) in [5.41, 5.74) is 1.83. The van der Waals surface area contributed by atoms with Gasteiger partial charge in [0.15, 0.2) is 5.76 Å². The van der Waals surface area contributed by atoms with Crippen LogP contribution in [0.4, 0.5) is 0 Å². The standard InChI is InChI=1S/C21H18ClNO5/c1-26-18-8-3-13(11-16(18)21(25)27-2)12-23-20(24)19-10-9-17(28-19)14-4-6-15(22)7-5-14/h3-11H,12H2,1-2H3,(H,23,24). The molecule has 0 saturated heterocycles. The molecule has 0 unspecified atom stereocenters. The van der Waals surface area contributed by atoms with Gasteiger partial charge in [-0.1, -0.05) is 17.7 Å². The zero-order chi connectivity index (χ0) is 20.1. The van der Waals surface area contributed by atoms with Gasteiger partial charge in [0.2, 0.25) is 0 Å². The Balaban J connectivity index is 1.69. The number of ether oxygens (including phenoxy) is 2. The average molecular weight is 400 g/mol. The quantitative estimate of drug-likeness (QED) is 0.624. The zero-order valence-corrected chi connectivity index (χ0v) is 16.1. The van der Waals surface area contributed by atoms with Crippen molar-refractivity contribution in [1.82, 2.24) is 5.32 Å². The number of hydrogen-bond donors (Lipinski definition) is 1. The molecule has 2 aromatic carbocycles. The second-order valence-corrected chi connectivity index (χ2v) is 6.32. The van der Waals surface area contributed by atoms with Gasteiger partial charge in [0, 0.05) is 17.1 Å². The van der Waals surface area contributed by atoms with Crippen LogP contribution in [0.25, 0.3) is 11.3 Å². The van der Waals surface area contributed by atoms with Crippen molar-refractivity contribution in [2.24, 2.45) is 0 Å². The highest BCUT2D eigenvalue weighted by atomic mass is 35.5. The van der Waals surface area contributed by atoms with Crippen LogP contribution in [0.15, 0.2) is 59.0 Å². The number of amides is 1. The first-order valence-electron chi connectivity index (χ1n) is 8.41. The molecule has 3 rings (SSSR count). The third kappa shape index (κ3) is 4.35. The van der Waals surface area contributed by atoms with Crippen LogP contribution in [0, 0.1) is 0 Å². The van der Waals surface area contributed by atoms with Crippen LogP contribution < -0.4 is 10.1 Å². The van der Waals surface area contributed by atoms with Crippen molar-refractivity contribution in [1.29, 1.82) is 0 Å². The smallest absolute Gasteiger partial charge is 0.341 e. The maximum absolute atomic E-state index is 12.4. The number of furan rings is 1. The summed E-state index contributed by atoms with van der Waals surface area (Å²) in [5.74, 6) is 0.283. The lowest BCUT2D eigenvalue weighted by Gasteiger charge is -2.09. The molecule has 1 heterocycles. The van der Waals surface area contributed by atoms with Gasteiger partial charge < -0.3 is 19.2 Å². The SMILES string of the molecule is COC(=O)c1cc(CNC(=O)c2ccc(-c3ccc(Cl)cc3)o2)ccc1OC. The van der Waals surface area contributed by atoms with Crippen molar-refractivity contribution < 1.29 is 23.5 Å². The van der Waals surface area contributed by atoms with Crippen LogP contribution >= 0.6 is 11.6 Å². The molecule has 1 N–H and O–H groups in total. The predicted molar refractivity (Wildman–Crippen MR) is 105 cm³/mol. The summed E-state index contributed by atoms with van der Waals surface area (Å²) in [7, 11) is 2.77. The highest BCUT2D eigenvalue weighted by molar-refractivity contribution is 6.30. The summed E-state index contributed by atoms with van der Waals surface area (Å²) in [6.45, 7) is 0.212. The monoisotopic (exact) mass is 399 g/mol. The third-order valence-corrected chi connectivity index (χ3v) is 4.33. The molecule has 0 fully saturated rings. The van der Waals surface area contributed by atoms with E-state index in [1.165, 1.54) is 14.2 Å². The summed E-state index contributed by atoms with van der Waals surface area (Å²) in [5, 5.41) is 3.39. The number of carbonyl (C=O) groups excluding carboxylic acids is 2. The molecule has 28 heavy (non-hydrogen) atoms. The van der Waals surface area contributed by atoms with Crippen LogP contribution in [0.2, 0.25) is 5.02 Å². The summed E-state index contributed by atoms with van der Waals surface area (Å²) < 4.78 is 15.5. The minimum atomic E-state index is -0.510. The van der Waals surface area contributed by atoms with Gasteiger partial charge in [0.1, 0.15) is 17.1 Å². The molecule has 3 aromatic rings. The molecule has 0 aliphatic heterocycles. The van der Waals surface area contributed by atoms with Crippen LogP contribution in [-0.4, -0.2) is 26.1 Å². The number of benzene rings is 2. The molecular weight excluding hydrogens is 382 g/mol. The number of hydrogen-bond acceptors (Lipinski definition) is 5. The van der Waals surface area contributed by atoms with Crippen molar-refractivity contribution in [2.75, 3.05) is 14.2 Å². The normalized spacial score (nSPS) is 10.4. The molecule has 0 radical (unpaired) electrons. The molecule has 1 aromatic heterocycles. The minimum Gasteiger partial charge on any atom is -0.496 e. The van der Waals surface area contributed by atoms with E-state index in [0.29, 0.717) is 22.1 Å². The van der Waals surface area contributed by atoms with Gasteiger partial charge in [-0.15, -0.1) is 0 Å². The van der Waals surface area contributed by atoms with Crippen molar-refractivity contribution in [3.8, 4) is 17.1 Å². The molecule has 0 atom stereocenters. The molecule has 0 spiro atoms. The lowest BCUT2D eigenvalue weighted by atomic mass is 10.1. The van der Waals surface area contributed by atoms with Crippen molar-refractivity contribution >= 4 is 23.5 Å². The summed E-state index contributed by atoms with van der Waals surface area (Å²) in [6.07, 6.45) is 0. The second kappa shape index (κ2) is 8.63. The molecule has 6 nitrogen and oxygen atoms in total. The molecule has 0 aliphatic carbocycles. The van der Waals surface area contributed by atoms with Gasteiger partial charge >= 0.3 is 5.97 Å². The second-order valence-electron chi connectivity index (χ2n) is 5.88. The Bertz CT molecular complexity index is 994. The Morgan fingerprint density at radius 2 is 1.79 bits per heavy atom. The Kier molecular flexibility index (Phi) is 6.01. The van der Waals surface area contributed by atoms with E-state index in [4.69, 9.17) is 25.5 Å². The zero-order valence-electron chi connectivity index (χ0n) is 15.3. The number of rotatable bonds is 6. The Morgan fingerprint density at radius 1 is 1.04 bits per heavy atom. The topological polar surface area (TPSA) is 77.8 Å². The minimum absolute atomic E-state index is 0.187. The highest BCUT2D eigenvalue weighted by Crippen LogP contribution is 2.24. The molecule has 1 amide bonds.